The van der Waals surface area contributed by atoms with Crippen molar-refractivity contribution in [2.45, 2.75) is 18.1 Å². The van der Waals surface area contributed by atoms with E-state index in [-0.39, 0.29) is 26.3 Å². The molecular formula is C8H12F5NO2. The Morgan fingerprint density at radius 1 is 1.12 bits per heavy atom. The molecule has 0 saturated carbocycles. The van der Waals surface area contributed by atoms with Crippen LogP contribution in [-0.4, -0.2) is 61.1 Å². The first-order valence-corrected chi connectivity index (χ1v) is 4.66. The van der Waals surface area contributed by atoms with Gasteiger partial charge in [0.05, 0.1) is 13.2 Å². The first-order chi connectivity index (χ1) is 7.29. The summed E-state index contributed by atoms with van der Waals surface area (Å²) < 4.78 is 68.4. The molecule has 1 rings (SSSR count). The van der Waals surface area contributed by atoms with Crippen molar-refractivity contribution in [1.29, 1.82) is 0 Å². The summed E-state index contributed by atoms with van der Waals surface area (Å²) in [6, 6.07) is -2.95. The second-order valence-corrected chi connectivity index (χ2v) is 3.51. The highest BCUT2D eigenvalue weighted by molar-refractivity contribution is 4.91. The average Bonchev–Trinajstić information content (AvgIpc) is 2.17. The number of nitrogens with zero attached hydrogens (tertiary/aromatic N) is 1. The minimum absolute atomic E-state index is 0.0198. The van der Waals surface area contributed by atoms with Crippen LogP contribution in [0.5, 0.6) is 0 Å². The van der Waals surface area contributed by atoms with Crippen molar-refractivity contribution in [2.24, 2.45) is 0 Å². The highest BCUT2D eigenvalue weighted by Gasteiger charge is 2.58. The van der Waals surface area contributed by atoms with Crippen LogP contribution < -0.4 is 0 Å². The molecule has 1 atom stereocenters. The van der Waals surface area contributed by atoms with E-state index in [1.54, 1.807) is 0 Å². The Bertz CT molecular complexity index is 227. The quantitative estimate of drug-likeness (QED) is 0.753. The Labute approximate surface area is 88.8 Å². The molecule has 1 aliphatic heterocycles. The van der Waals surface area contributed by atoms with Gasteiger partial charge in [-0.25, -0.2) is 8.78 Å². The van der Waals surface area contributed by atoms with Crippen LogP contribution in [0.3, 0.4) is 0 Å². The molecule has 1 N–H and O–H groups in total. The van der Waals surface area contributed by atoms with Crippen LogP contribution in [0.2, 0.25) is 0 Å². The summed E-state index contributed by atoms with van der Waals surface area (Å²) in [5.74, 6) is -4.20. The summed E-state index contributed by atoms with van der Waals surface area (Å²) in [4.78, 5) is 0.597. The molecule has 96 valence electrons. The number of rotatable bonds is 3. The van der Waals surface area contributed by atoms with Crippen LogP contribution >= 0.6 is 0 Å². The molecule has 1 unspecified atom stereocenters. The van der Waals surface area contributed by atoms with Crippen LogP contribution in [-0.2, 0) is 4.74 Å². The molecule has 1 fully saturated rings. The lowest BCUT2D eigenvalue weighted by atomic mass is 10.1. The maximum absolute atomic E-state index is 13.0. The maximum Gasteiger partial charge on any atom is 0.410 e. The zero-order valence-electron chi connectivity index (χ0n) is 8.31. The van der Waals surface area contributed by atoms with Gasteiger partial charge in [0.25, 0.3) is 5.92 Å². The van der Waals surface area contributed by atoms with Gasteiger partial charge in [0.2, 0.25) is 0 Å². The highest BCUT2D eigenvalue weighted by Crippen LogP contribution is 2.36. The molecule has 1 aliphatic rings. The van der Waals surface area contributed by atoms with Gasteiger partial charge in [-0.05, 0) is 0 Å². The maximum atomic E-state index is 13.0. The Balaban J connectivity index is 2.86. The first-order valence-electron chi connectivity index (χ1n) is 4.66. The predicted molar refractivity (Wildman–Crippen MR) is 44.3 cm³/mol. The third-order valence-electron chi connectivity index (χ3n) is 2.33. The summed E-state index contributed by atoms with van der Waals surface area (Å²) in [6.45, 7) is -2.31. The van der Waals surface area contributed by atoms with Gasteiger partial charge in [0.1, 0.15) is 6.61 Å². The van der Waals surface area contributed by atoms with E-state index in [0.29, 0.717) is 4.90 Å². The molecule has 1 heterocycles. The van der Waals surface area contributed by atoms with Crippen molar-refractivity contribution < 1.29 is 31.8 Å². The minimum Gasteiger partial charge on any atom is -0.390 e. The van der Waals surface area contributed by atoms with E-state index in [1.807, 2.05) is 0 Å². The van der Waals surface area contributed by atoms with Gasteiger partial charge >= 0.3 is 6.18 Å². The molecule has 8 heteroatoms. The number of alkyl halides is 5. The third-order valence-corrected chi connectivity index (χ3v) is 2.33. The molecule has 0 bridgehead atoms. The van der Waals surface area contributed by atoms with Crippen LogP contribution in [0, 0.1) is 0 Å². The summed E-state index contributed by atoms with van der Waals surface area (Å²) in [5, 5.41) is 8.35. The SMILES string of the molecule is OCC(F)(F)C(N1CCOCC1)C(F)(F)F. The second-order valence-electron chi connectivity index (χ2n) is 3.51. The number of morpholine rings is 1. The molecule has 16 heavy (non-hydrogen) atoms. The van der Waals surface area contributed by atoms with Crippen LogP contribution in [0.25, 0.3) is 0 Å². The van der Waals surface area contributed by atoms with Crippen molar-refractivity contribution >= 4 is 0 Å². The Morgan fingerprint density at radius 2 is 1.62 bits per heavy atom. The van der Waals surface area contributed by atoms with Crippen molar-refractivity contribution in [3.05, 3.63) is 0 Å². The van der Waals surface area contributed by atoms with E-state index in [4.69, 9.17) is 9.84 Å². The molecule has 0 amide bonds. The van der Waals surface area contributed by atoms with Crippen molar-refractivity contribution in [2.75, 3.05) is 32.9 Å². The second kappa shape index (κ2) is 4.80. The van der Waals surface area contributed by atoms with Gasteiger partial charge in [-0.2, -0.15) is 13.2 Å². The van der Waals surface area contributed by atoms with E-state index in [9.17, 15) is 22.0 Å². The van der Waals surface area contributed by atoms with Crippen molar-refractivity contribution in [1.82, 2.24) is 4.90 Å². The van der Waals surface area contributed by atoms with Crippen LogP contribution in [0.4, 0.5) is 22.0 Å². The predicted octanol–water partition coefficient (Wildman–Crippen LogP) is 0.877. The molecule has 0 aromatic heterocycles. The monoisotopic (exact) mass is 249 g/mol. The average molecular weight is 249 g/mol. The molecule has 0 aromatic carbocycles. The highest BCUT2D eigenvalue weighted by atomic mass is 19.4. The van der Waals surface area contributed by atoms with Gasteiger partial charge < -0.3 is 9.84 Å². The Kier molecular flexibility index (Phi) is 4.08. The van der Waals surface area contributed by atoms with Gasteiger partial charge in [0.15, 0.2) is 6.04 Å². The number of aliphatic hydroxyl groups is 1. The number of aliphatic hydroxyl groups excluding tert-OH is 1. The molecule has 0 radical (unpaired) electrons. The Hall–Kier alpha value is -0.470. The third kappa shape index (κ3) is 3.02. The summed E-state index contributed by atoms with van der Waals surface area (Å²) in [5.41, 5.74) is 0. The van der Waals surface area contributed by atoms with Gasteiger partial charge in [-0.1, -0.05) is 0 Å². The lowest BCUT2D eigenvalue weighted by Crippen LogP contribution is -2.60. The zero-order valence-corrected chi connectivity index (χ0v) is 8.31. The van der Waals surface area contributed by atoms with Gasteiger partial charge in [-0.3, -0.25) is 4.90 Å². The number of hydrogen-bond donors (Lipinski definition) is 1. The number of hydrogen-bond acceptors (Lipinski definition) is 3. The van der Waals surface area contributed by atoms with E-state index in [1.165, 1.54) is 0 Å². The molecular weight excluding hydrogens is 237 g/mol. The Morgan fingerprint density at radius 3 is 2.00 bits per heavy atom. The standard InChI is InChI=1S/C8H12F5NO2/c9-7(10,5-15)6(8(11,12)13)14-1-3-16-4-2-14/h6,15H,1-5H2. The summed E-state index contributed by atoms with van der Waals surface area (Å²) in [7, 11) is 0. The molecule has 0 aromatic rings. The lowest BCUT2D eigenvalue weighted by Gasteiger charge is -2.38. The van der Waals surface area contributed by atoms with Crippen molar-refractivity contribution in [3.63, 3.8) is 0 Å². The first kappa shape index (κ1) is 13.6. The summed E-state index contributed by atoms with van der Waals surface area (Å²) >= 11 is 0. The smallest absolute Gasteiger partial charge is 0.390 e. The fourth-order valence-corrected chi connectivity index (χ4v) is 1.64. The van der Waals surface area contributed by atoms with E-state index >= 15 is 0 Å². The summed E-state index contributed by atoms with van der Waals surface area (Å²) in [6.07, 6.45) is -5.08. The van der Waals surface area contributed by atoms with E-state index in [2.05, 4.69) is 0 Å². The van der Waals surface area contributed by atoms with Crippen LogP contribution in [0.15, 0.2) is 0 Å². The molecule has 0 spiro atoms. The van der Waals surface area contributed by atoms with Crippen LogP contribution in [0.1, 0.15) is 0 Å². The number of halogens is 5. The largest absolute Gasteiger partial charge is 0.410 e. The van der Waals surface area contributed by atoms with Gasteiger partial charge in [0, 0.05) is 13.1 Å². The molecule has 1 saturated heterocycles. The van der Waals surface area contributed by atoms with E-state index < -0.39 is 24.7 Å². The van der Waals surface area contributed by atoms with Crippen molar-refractivity contribution in [3.8, 4) is 0 Å². The topological polar surface area (TPSA) is 32.7 Å². The van der Waals surface area contributed by atoms with Gasteiger partial charge in [-0.15, -0.1) is 0 Å². The fourth-order valence-electron chi connectivity index (χ4n) is 1.64. The zero-order chi connectivity index (χ0) is 12.4. The van der Waals surface area contributed by atoms with E-state index in [0.717, 1.165) is 0 Å². The minimum atomic E-state index is -5.08. The lowest BCUT2D eigenvalue weighted by molar-refractivity contribution is -0.260. The fraction of sp³-hybridized carbons (Fsp3) is 1.00. The normalized spacial score (nSPS) is 22.1. The number of ether oxygens (including phenoxy) is 1. The molecule has 0 aliphatic carbocycles. The molecule has 3 nitrogen and oxygen atoms in total.